The summed E-state index contributed by atoms with van der Waals surface area (Å²) in [5.41, 5.74) is 3.78. The highest BCUT2D eigenvalue weighted by Gasteiger charge is 2.64. The highest BCUT2D eigenvalue weighted by atomic mass is 16.5. The fourth-order valence-corrected chi connectivity index (χ4v) is 4.13. The van der Waals surface area contributed by atoms with Gasteiger partial charge in [-0.15, -0.1) is 0 Å². The molecule has 1 aromatic rings. The lowest BCUT2D eigenvalue weighted by atomic mass is 9.90. The molecule has 0 spiro atoms. The van der Waals surface area contributed by atoms with Crippen molar-refractivity contribution in [3.8, 4) is 11.5 Å². The van der Waals surface area contributed by atoms with E-state index in [2.05, 4.69) is 17.5 Å². The number of hydrogen-bond acceptors (Lipinski definition) is 4. The van der Waals surface area contributed by atoms with Gasteiger partial charge in [0, 0.05) is 5.92 Å². The zero-order chi connectivity index (χ0) is 17.2. The van der Waals surface area contributed by atoms with Crippen LogP contribution in [0.5, 0.6) is 11.5 Å². The molecule has 0 bridgehead atoms. The van der Waals surface area contributed by atoms with Gasteiger partial charge >= 0.3 is 0 Å². The Labute approximate surface area is 143 Å². The average molecular weight is 330 g/mol. The lowest BCUT2D eigenvalue weighted by molar-refractivity contribution is -0.123. The molecule has 0 radical (unpaired) electrons. The summed E-state index contributed by atoms with van der Waals surface area (Å²) in [6.07, 6.45) is 6.47. The molecule has 5 heteroatoms. The molecule has 2 aliphatic rings. The quantitative estimate of drug-likeness (QED) is 0.642. The van der Waals surface area contributed by atoms with E-state index in [9.17, 15) is 4.79 Å². The van der Waals surface area contributed by atoms with Gasteiger partial charge in [-0.3, -0.25) is 4.79 Å². The number of amides is 1. The van der Waals surface area contributed by atoms with Crippen molar-refractivity contribution in [1.82, 2.24) is 5.43 Å². The molecule has 1 N–H and O–H groups in total. The molecule has 1 aromatic carbocycles. The normalized spacial score (nSPS) is 28.3. The summed E-state index contributed by atoms with van der Waals surface area (Å²) >= 11 is 0. The molecule has 2 fully saturated rings. The molecular weight excluding hydrogens is 304 g/mol. The van der Waals surface area contributed by atoms with E-state index in [1.165, 1.54) is 19.3 Å². The molecule has 0 saturated heterocycles. The maximum absolute atomic E-state index is 12.4. The Morgan fingerprint density at radius 3 is 2.92 bits per heavy atom. The first-order chi connectivity index (χ1) is 11.6. The SMILES string of the molecule is CCOc1ccc(/C=N\NC(=O)[C@H]2[C@@H]3CCCC[C@@]32C)cc1OC. The van der Waals surface area contributed by atoms with Gasteiger partial charge in [-0.1, -0.05) is 19.8 Å². The van der Waals surface area contributed by atoms with Gasteiger partial charge < -0.3 is 9.47 Å². The minimum Gasteiger partial charge on any atom is -0.493 e. The summed E-state index contributed by atoms with van der Waals surface area (Å²) in [6, 6.07) is 5.59. The summed E-state index contributed by atoms with van der Waals surface area (Å²) in [7, 11) is 1.61. The summed E-state index contributed by atoms with van der Waals surface area (Å²) in [5.74, 6) is 2.10. The van der Waals surface area contributed by atoms with E-state index in [1.807, 2.05) is 25.1 Å². The minimum atomic E-state index is 0.0542. The molecule has 24 heavy (non-hydrogen) atoms. The molecule has 0 aromatic heterocycles. The third-order valence-electron chi connectivity index (χ3n) is 5.49. The number of rotatable bonds is 6. The van der Waals surface area contributed by atoms with Crippen LogP contribution in [0.3, 0.4) is 0 Å². The van der Waals surface area contributed by atoms with Crippen molar-refractivity contribution >= 4 is 12.1 Å². The fraction of sp³-hybridized carbons (Fsp3) is 0.579. The first-order valence-electron chi connectivity index (χ1n) is 8.74. The number of ether oxygens (including phenoxy) is 2. The second kappa shape index (κ2) is 6.83. The molecule has 5 nitrogen and oxygen atoms in total. The van der Waals surface area contributed by atoms with Gasteiger partial charge in [0.1, 0.15) is 0 Å². The largest absolute Gasteiger partial charge is 0.493 e. The first kappa shape index (κ1) is 16.8. The fourth-order valence-electron chi connectivity index (χ4n) is 4.13. The second-order valence-electron chi connectivity index (χ2n) is 6.91. The zero-order valence-electron chi connectivity index (χ0n) is 14.7. The minimum absolute atomic E-state index is 0.0542. The molecule has 0 aliphatic heterocycles. The summed E-state index contributed by atoms with van der Waals surface area (Å²) in [6.45, 7) is 4.75. The third-order valence-corrected chi connectivity index (χ3v) is 5.49. The zero-order valence-corrected chi connectivity index (χ0v) is 14.7. The standard InChI is InChI=1S/C19H26N2O3/c1-4-24-15-9-8-13(11-16(15)23-3)12-20-21-18(22)17-14-7-5-6-10-19(14,17)2/h8-9,11-12,14,17H,4-7,10H2,1-3H3,(H,21,22)/b20-12-/t14-,17+,19-/m0/s1. The van der Waals surface area contributed by atoms with Crippen molar-refractivity contribution in [3.63, 3.8) is 0 Å². The number of benzene rings is 1. The summed E-state index contributed by atoms with van der Waals surface area (Å²) in [5, 5.41) is 4.12. The number of carbonyl (C=O) groups is 1. The third kappa shape index (κ3) is 3.12. The van der Waals surface area contributed by atoms with E-state index in [0.717, 1.165) is 12.0 Å². The Morgan fingerprint density at radius 2 is 2.25 bits per heavy atom. The molecule has 3 rings (SSSR count). The summed E-state index contributed by atoms with van der Waals surface area (Å²) < 4.78 is 10.8. The lowest BCUT2D eigenvalue weighted by Gasteiger charge is -2.15. The molecule has 1 amide bonds. The summed E-state index contributed by atoms with van der Waals surface area (Å²) in [4.78, 5) is 12.4. The van der Waals surface area contributed by atoms with Crippen molar-refractivity contribution in [2.45, 2.75) is 39.5 Å². The Hall–Kier alpha value is -2.04. The van der Waals surface area contributed by atoms with E-state index < -0.39 is 0 Å². The van der Waals surface area contributed by atoms with Gasteiger partial charge in [-0.25, -0.2) is 5.43 Å². The van der Waals surface area contributed by atoms with E-state index in [4.69, 9.17) is 9.47 Å². The lowest BCUT2D eigenvalue weighted by Crippen LogP contribution is -2.22. The van der Waals surface area contributed by atoms with Crippen LogP contribution in [0.2, 0.25) is 0 Å². The Kier molecular flexibility index (Phi) is 4.78. The molecule has 3 atom stereocenters. The van der Waals surface area contributed by atoms with Crippen LogP contribution in [0.4, 0.5) is 0 Å². The van der Waals surface area contributed by atoms with Crippen LogP contribution >= 0.6 is 0 Å². The van der Waals surface area contributed by atoms with E-state index >= 15 is 0 Å². The number of nitrogens with zero attached hydrogens (tertiary/aromatic N) is 1. The predicted octanol–water partition coefficient (Wildman–Crippen LogP) is 3.37. The number of fused-ring (bicyclic) bond motifs is 1. The molecule has 130 valence electrons. The molecule has 0 unspecified atom stereocenters. The predicted molar refractivity (Wildman–Crippen MR) is 93.5 cm³/mol. The van der Waals surface area contributed by atoms with Crippen molar-refractivity contribution in [2.24, 2.45) is 22.4 Å². The topological polar surface area (TPSA) is 59.9 Å². The van der Waals surface area contributed by atoms with E-state index in [-0.39, 0.29) is 17.2 Å². The van der Waals surface area contributed by atoms with Crippen LogP contribution < -0.4 is 14.9 Å². The van der Waals surface area contributed by atoms with Crippen LogP contribution in [-0.4, -0.2) is 25.8 Å². The van der Waals surface area contributed by atoms with E-state index in [0.29, 0.717) is 24.0 Å². The number of methoxy groups -OCH3 is 1. The molecule has 2 saturated carbocycles. The highest BCUT2D eigenvalue weighted by Crippen LogP contribution is 2.66. The maximum atomic E-state index is 12.4. The van der Waals surface area contributed by atoms with Crippen LogP contribution in [0.25, 0.3) is 0 Å². The van der Waals surface area contributed by atoms with Gasteiger partial charge in [-0.2, -0.15) is 5.10 Å². The number of carbonyl (C=O) groups excluding carboxylic acids is 1. The van der Waals surface area contributed by atoms with Crippen molar-refractivity contribution in [1.29, 1.82) is 0 Å². The van der Waals surface area contributed by atoms with Gasteiger partial charge in [0.05, 0.1) is 19.9 Å². The van der Waals surface area contributed by atoms with Crippen LogP contribution in [0.1, 0.15) is 45.1 Å². The first-order valence-corrected chi connectivity index (χ1v) is 8.74. The van der Waals surface area contributed by atoms with Gasteiger partial charge in [-0.05, 0) is 54.9 Å². The molecular formula is C19H26N2O3. The Morgan fingerprint density at radius 1 is 1.42 bits per heavy atom. The monoisotopic (exact) mass is 330 g/mol. The number of hydrazone groups is 1. The second-order valence-corrected chi connectivity index (χ2v) is 6.91. The average Bonchev–Trinajstić information content (AvgIpc) is 3.21. The van der Waals surface area contributed by atoms with Crippen LogP contribution in [-0.2, 0) is 4.79 Å². The molecule has 0 heterocycles. The smallest absolute Gasteiger partial charge is 0.244 e. The number of nitrogens with one attached hydrogen (secondary N) is 1. The Bertz CT molecular complexity index is 643. The van der Waals surface area contributed by atoms with E-state index in [1.54, 1.807) is 13.3 Å². The van der Waals surface area contributed by atoms with Gasteiger partial charge in [0.15, 0.2) is 11.5 Å². The number of hydrogen-bond donors (Lipinski definition) is 1. The van der Waals surface area contributed by atoms with Gasteiger partial charge in [0.2, 0.25) is 5.91 Å². The maximum Gasteiger partial charge on any atom is 0.244 e. The van der Waals surface area contributed by atoms with Crippen LogP contribution in [0, 0.1) is 17.3 Å². The van der Waals surface area contributed by atoms with Gasteiger partial charge in [0.25, 0.3) is 0 Å². The van der Waals surface area contributed by atoms with Crippen LogP contribution in [0.15, 0.2) is 23.3 Å². The van der Waals surface area contributed by atoms with Crippen molar-refractivity contribution < 1.29 is 14.3 Å². The van der Waals surface area contributed by atoms with Crippen molar-refractivity contribution in [3.05, 3.63) is 23.8 Å². The molecule has 2 aliphatic carbocycles. The highest BCUT2D eigenvalue weighted by molar-refractivity contribution is 5.86. The van der Waals surface area contributed by atoms with Crippen molar-refractivity contribution in [2.75, 3.05) is 13.7 Å². The Balaban J connectivity index is 1.59.